The van der Waals surface area contributed by atoms with Gasteiger partial charge in [-0.3, -0.25) is 9.71 Å². The van der Waals surface area contributed by atoms with Crippen LogP contribution in [0.25, 0.3) is 0 Å². The first kappa shape index (κ1) is 13.9. The van der Waals surface area contributed by atoms with Crippen molar-refractivity contribution in [1.82, 2.24) is 20.0 Å². The van der Waals surface area contributed by atoms with Crippen molar-refractivity contribution in [2.45, 2.75) is 5.75 Å². The molecule has 8 heteroatoms. The number of nitrogens with two attached hydrogens (primary N) is 1. The molecule has 0 bridgehead atoms. The van der Waals surface area contributed by atoms with Gasteiger partial charge >= 0.3 is 6.03 Å². The number of amides is 2. The van der Waals surface area contributed by atoms with Crippen LogP contribution in [0.3, 0.4) is 0 Å². The zero-order valence-electron chi connectivity index (χ0n) is 9.47. The third-order valence-corrected chi connectivity index (χ3v) is 3.73. The summed E-state index contributed by atoms with van der Waals surface area (Å²) in [5, 5.41) is 2.48. The van der Waals surface area contributed by atoms with Gasteiger partial charge in [0.1, 0.15) is 5.82 Å². The summed E-state index contributed by atoms with van der Waals surface area (Å²) in [4.78, 5) is 18.9. The van der Waals surface area contributed by atoms with E-state index >= 15 is 0 Å². The normalized spacial score (nSPS) is 9.94. The minimum absolute atomic E-state index is 0.182. The molecular weight excluding hydrogens is 258 g/mol. The lowest BCUT2D eigenvalue weighted by Crippen LogP contribution is -2.27. The van der Waals surface area contributed by atoms with Gasteiger partial charge in [-0.15, -0.1) is 0 Å². The summed E-state index contributed by atoms with van der Waals surface area (Å²) in [6.07, 6.45) is 3.21. The number of carbonyl (C=O) groups excluding carboxylic acids is 1. The Hall–Kier alpha value is -1.15. The number of anilines is 1. The van der Waals surface area contributed by atoms with Crippen LogP contribution in [0.2, 0.25) is 0 Å². The fourth-order valence-electron chi connectivity index (χ4n) is 0.926. The molecule has 1 aromatic rings. The maximum atomic E-state index is 10.8. The van der Waals surface area contributed by atoms with Crippen molar-refractivity contribution in [3.8, 4) is 0 Å². The van der Waals surface area contributed by atoms with Gasteiger partial charge in [0.2, 0.25) is 0 Å². The first-order chi connectivity index (χ1) is 8.24. The molecule has 0 aliphatic heterocycles. The second kappa shape index (κ2) is 8.02. The van der Waals surface area contributed by atoms with Crippen LogP contribution < -0.4 is 15.8 Å². The molecule has 0 saturated heterocycles. The van der Waals surface area contributed by atoms with Gasteiger partial charge in [0.25, 0.3) is 0 Å². The summed E-state index contributed by atoms with van der Waals surface area (Å²) in [6.45, 7) is 0. The smallest absolute Gasteiger partial charge is 0.324 e. The van der Waals surface area contributed by atoms with Crippen molar-refractivity contribution in [2.75, 3.05) is 24.3 Å². The Balaban J connectivity index is 2.09. The van der Waals surface area contributed by atoms with Gasteiger partial charge in [-0.1, -0.05) is 0 Å². The third kappa shape index (κ3) is 5.64. The highest BCUT2D eigenvalue weighted by molar-refractivity contribution is 8.01. The molecule has 0 spiro atoms. The van der Waals surface area contributed by atoms with Gasteiger partial charge in [-0.25, -0.2) is 9.78 Å². The van der Waals surface area contributed by atoms with Crippen LogP contribution in [0.5, 0.6) is 0 Å². The largest absolute Gasteiger partial charge is 0.382 e. The highest BCUT2D eigenvalue weighted by Gasteiger charge is 2.01. The molecule has 2 amide bonds. The molecule has 0 atom stereocenters. The maximum absolute atomic E-state index is 10.8. The van der Waals surface area contributed by atoms with Gasteiger partial charge in [0, 0.05) is 36.7 Å². The van der Waals surface area contributed by atoms with Crippen molar-refractivity contribution in [3.05, 3.63) is 18.1 Å². The molecule has 0 fully saturated rings. The zero-order valence-corrected chi connectivity index (χ0v) is 11.1. The molecule has 0 saturated carbocycles. The number of nitrogens with one attached hydrogen (secondary N) is 2. The summed E-state index contributed by atoms with van der Waals surface area (Å²) in [5.41, 5.74) is 6.47. The van der Waals surface area contributed by atoms with Gasteiger partial charge in [-0.2, -0.15) is 11.8 Å². The number of hydrogen-bond acceptors (Lipinski definition) is 6. The molecule has 0 aromatic carbocycles. The van der Waals surface area contributed by atoms with E-state index in [2.05, 4.69) is 20.0 Å². The van der Waals surface area contributed by atoms with Crippen molar-refractivity contribution < 1.29 is 4.79 Å². The maximum Gasteiger partial charge on any atom is 0.324 e. The van der Waals surface area contributed by atoms with E-state index < -0.39 is 0 Å². The Morgan fingerprint density at radius 3 is 2.88 bits per heavy atom. The number of aromatic nitrogens is 2. The third-order valence-electron chi connectivity index (χ3n) is 1.77. The van der Waals surface area contributed by atoms with E-state index in [0.29, 0.717) is 5.82 Å². The summed E-state index contributed by atoms with van der Waals surface area (Å²) >= 11 is 3.08. The van der Waals surface area contributed by atoms with Crippen molar-refractivity contribution >= 4 is 35.6 Å². The van der Waals surface area contributed by atoms with Crippen LogP contribution in [0.1, 0.15) is 5.69 Å². The van der Waals surface area contributed by atoms with Gasteiger partial charge in [-0.05, 0) is 11.9 Å². The Kier molecular flexibility index (Phi) is 6.56. The Bertz CT molecular complexity index is 363. The lowest BCUT2D eigenvalue weighted by atomic mass is 10.5. The number of nitrogens with zero attached hydrogens (tertiary/aromatic N) is 2. The van der Waals surface area contributed by atoms with Crippen molar-refractivity contribution in [2.24, 2.45) is 0 Å². The van der Waals surface area contributed by atoms with E-state index in [0.717, 1.165) is 23.0 Å². The van der Waals surface area contributed by atoms with Gasteiger partial charge in [0.15, 0.2) is 0 Å². The molecule has 0 aliphatic carbocycles. The Morgan fingerprint density at radius 1 is 1.41 bits per heavy atom. The highest BCUT2D eigenvalue weighted by Crippen LogP contribution is 2.14. The highest BCUT2D eigenvalue weighted by atomic mass is 32.2. The monoisotopic (exact) mass is 273 g/mol. The SMILES string of the molecule is CNC(=O)NSCCSCc1nccnc1N. The lowest BCUT2D eigenvalue weighted by molar-refractivity contribution is 0.248. The second-order valence-corrected chi connectivity index (χ2v) is 4.98. The molecule has 4 N–H and O–H groups in total. The van der Waals surface area contributed by atoms with E-state index in [1.807, 2.05) is 0 Å². The molecule has 17 heavy (non-hydrogen) atoms. The van der Waals surface area contributed by atoms with Crippen LogP contribution in [0.15, 0.2) is 12.4 Å². The predicted molar refractivity (Wildman–Crippen MR) is 72.7 cm³/mol. The minimum atomic E-state index is -0.182. The van der Waals surface area contributed by atoms with Crippen molar-refractivity contribution in [1.29, 1.82) is 0 Å². The summed E-state index contributed by atoms with van der Waals surface area (Å²) in [7, 11) is 1.58. The van der Waals surface area contributed by atoms with E-state index in [1.54, 1.807) is 31.2 Å². The summed E-state index contributed by atoms with van der Waals surface area (Å²) < 4.78 is 2.64. The number of rotatable bonds is 6. The number of hydrogen-bond donors (Lipinski definition) is 3. The second-order valence-electron chi connectivity index (χ2n) is 2.97. The van der Waals surface area contributed by atoms with Gasteiger partial charge in [0.05, 0.1) is 5.69 Å². The average molecular weight is 273 g/mol. The van der Waals surface area contributed by atoms with Crippen LogP contribution in [0, 0.1) is 0 Å². The van der Waals surface area contributed by atoms with E-state index in [-0.39, 0.29) is 6.03 Å². The van der Waals surface area contributed by atoms with Gasteiger partial charge < -0.3 is 11.1 Å². The van der Waals surface area contributed by atoms with Crippen LogP contribution in [0.4, 0.5) is 10.6 Å². The fraction of sp³-hybridized carbons (Fsp3) is 0.444. The molecule has 0 unspecified atom stereocenters. The molecule has 0 aliphatic rings. The lowest BCUT2D eigenvalue weighted by Gasteiger charge is -2.04. The molecule has 94 valence electrons. The standard InChI is InChI=1S/C9H15N5OS2/c1-11-9(15)14-17-5-4-16-6-7-8(10)13-3-2-12-7/h2-3H,4-6H2,1H3,(H2,10,13)(H2,11,14,15). The van der Waals surface area contributed by atoms with E-state index in [1.165, 1.54) is 11.9 Å². The quantitative estimate of drug-likeness (QED) is 0.526. The molecule has 1 aromatic heterocycles. The number of carbonyl (C=O) groups is 1. The van der Waals surface area contributed by atoms with Crippen molar-refractivity contribution in [3.63, 3.8) is 0 Å². The Labute approximate surface area is 109 Å². The number of urea groups is 1. The van der Waals surface area contributed by atoms with Crippen LogP contribution in [-0.2, 0) is 5.75 Å². The van der Waals surface area contributed by atoms with E-state index in [9.17, 15) is 4.79 Å². The Morgan fingerprint density at radius 2 is 2.18 bits per heavy atom. The molecule has 0 radical (unpaired) electrons. The zero-order chi connectivity index (χ0) is 12.5. The summed E-state index contributed by atoms with van der Waals surface area (Å²) in [6, 6.07) is -0.182. The molecule has 6 nitrogen and oxygen atoms in total. The molecular formula is C9H15N5OS2. The topological polar surface area (TPSA) is 92.9 Å². The predicted octanol–water partition coefficient (Wildman–Crippen LogP) is 0.869. The van der Waals surface area contributed by atoms with Crippen LogP contribution in [-0.4, -0.2) is 34.6 Å². The van der Waals surface area contributed by atoms with Crippen LogP contribution >= 0.6 is 23.7 Å². The number of nitrogen functional groups attached to an aromatic ring is 1. The van der Waals surface area contributed by atoms with E-state index in [4.69, 9.17) is 5.73 Å². The fourth-order valence-corrected chi connectivity index (χ4v) is 2.63. The number of thioether (sulfide) groups is 1. The molecule has 1 heterocycles. The first-order valence-corrected chi connectivity index (χ1v) is 7.10. The minimum Gasteiger partial charge on any atom is -0.382 e. The summed E-state index contributed by atoms with van der Waals surface area (Å²) in [5.74, 6) is 2.96. The first-order valence-electron chi connectivity index (χ1n) is 4.96. The molecule has 1 rings (SSSR count). The average Bonchev–Trinajstić information content (AvgIpc) is 2.35.